The van der Waals surface area contributed by atoms with Crippen molar-refractivity contribution in [2.75, 3.05) is 23.4 Å². The third-order valence-electron chi connectivity index (χ3n) is 5.21. The molecule has 0 saturated heterocycles. The highest BCUT2D eigenvalue weighted by Gasteiger charge is 2.20. The molecule has 0 unspecified atom stereocenters. The Morgan fingerprint density at radius 2 is 1.66 bits per heavy atom. The van der Waals surface area contributed by atoms with Crippen molar-refractivity contribution < 1.29 is 14.3 Å². The van der Waals surface area contributed by atoms with E-state index in [9.17, 15) is 9.59 Å². The predicted octanol–water partition coefficient (Wildman–Crippen LogP) is 5.80. The number of aryl methyl sites for hydroxylation is 1. The number of amides is 2. The van der Waals surface area contributed by atoms with Crippen molar-refractivity contribution in [2.24, 2.45) is 0 Å². The van der Waals surface area contributed by atoms with Gasteiger partial charge in [-0.25, -0.2) is 0 Å². The van der Waals surface area contributed by atoms with Gasteiger partial charge in [0.05, 0.1) is 11.3 Å². The number of para-hydroxylation sites is 2. The third-order valence-corrected chi connectivity index (χ3v) is 5.21. The minimum atomic E-state index is -0.316. The number of anilines is 2. The molecule has 3 aromatic rings. The molecule has 0 aliphatic rings. The maximum Gasteiger partial charge on any atom is 0.262 e. The first-order valence-corrected chi connectivity index (χ1v) is 10.9. The fourth-order valence-electron chi connectivity index (χ4n) is 3.55. The molecule has 0 bridgehead atoms. The van der Waals surface area contributed by atoms with Gasteiger partial charge >= 0.3 is 0 Å². The van der Waals surface area contributed by atoms with Gasteiger partial charge in [-0.2, -0.15) is 0 Å². The van der Waals surface area contributed by atoms with Gasteiger partial charge in [-0.05, 0) is 61.2 Å². The summed E-state index contributed by atoms with van der Waals surface area (Å²) in [5, 5.41) is 2.84. The first-order valence-electron chi connectivity index (χ1n) is 10.9. The van der Waals surface area contributed by atoms with Crippen molar-refractivity contribution in [1.29, 1.82) is 0 Å². The van der Waals surface area contributed by atoms with Crippen molar-refractivity contribution in [3.8, 4) is 5.75 Å². The van der Waals surface area contributed by atoms with Gasteiger partial charge in [0.2, 0.25) is 0 Å². The second-order valence-corrected chi connectivity index (χ2v) is 7.96. The average molecular weight is 431 g/mol. The van der Waals surface area contributed by atoms with Crippen LogP contribution in [0.5, 0.6) is 5.75 Å². The molecule has 0 atom stereocenters. The molecule has 0 aliphatic carbocycles. The lowest BCUT2D eigenvalue weighted by molar-refractivity contribution is -0.118. The Hall–Kier alpha value is -3.60. The lowest BCUT2D eigenvalue weighted by Gasteiger charge is -2.22. The average Bonchev–Trinajstić information content (AvgIpc) is 2.79. The molecule has 3 aromatic carbocycles. The fraction of sp³-hybridized carbons (Fsp3) is 0.259. The van der Waals surface area contributed by atoms with Gasteiger partial charge in [-0.1, -0.05) is 56.3 Å². The van der Waals surface area contributed by atoms with Gasteiger partial charge in [0.15, 0.2) is 6.61 Å². The van der Waals surface area contributed by atoms with Gasteiger partial charge in [0.1, 0.15) is 5.75 Å². The lowest BCUT2D eigenvalue weighted by atomic mass is 10.0. The SMILES string of the molecule is CCN(C(=O)c1ccccc1NC(=O)COc1cc(C)ccc1C(C)C)c1ccccc1. The predicted molar refractivity (Wildman–Crippen MR) is 130 cm³/mol. The largest absolute Gasteiger partial charge is 0.483 e. The molecule has 32 heavy (non-hydrogen) atoms. The van der Waals surface area contributed by atoms with Gasteiger partial charge in [0, 0.05) is 12.2 Å². The van der Waals surface area contributed by atoms with Crippen LogP contribution < -0.4 is 15.0 Å². The van der Waals surface area contributed by atoms with E-state index in [-0.39, 0.29) is 24.3 Å². The number of nitrogens with one attached hydrogen (secondary N) is 1. The maximum absolute atomic E-state index is 13.3. The highest BCUT2D eigenvalue weighted by atomic mass is 16.5. The molecular formula is C27H30N2O3. The van der Waals surface area contributed by atoms with Gasteiger partial charge in [0.25, 0.3) is 11.8 Å². The first kappa shape index (κ1) is 23.1. The van der Waals surface area contributed by atoms with E-state index in [4.69, 9.17) is 4.74 Å². The van der Waals surface area contributed by atoms with E-state index in [1.807, 2.05) is 62.4 Å². The van der Waals surface area contributed by atoms with Crippen molar-refractivity contribution in [3.05, 3.63) is 89.5 Å². The number of hydrogen-bond acceptors (Lipinski definition) is 3. The molecule has 166 valence electrons. The Morgan fingerprint density at radius 3 is 2.34 bits per heavy atom. The maximum atomic E-state index is 13.3. The van der Waals surface area contributed by atoms with Crippen LogP contribution in [0.3, 0.4) is 0 Å². The lowest BCUT2D eigenvalue weighted by Crippen LogP contribution is -2.32. The highest BCUT2D eigenvalue weighted by molar-refractivity contribution is 6.11. The summed E-state index contributed by atoms with van der Waals surface area (Å²) in [4.78, 5) is 27.6. The summed E-state index contributed by atoms with van der Waals surface area (Å²) in [5.41, 5.74) is 3.84. The zero-order chi connectivity index (χ0) is 23.1. The van der Waals surface area contributed by atoms with E-state index >= 15 is 0 Å². The number of benzene rings is 3. The number of rotatable bonds is 8. The van der Waals surface area contributed by atoms with Gasteiger partial charge < -0.3 is 15.0 Å². The number of ether oxygens (including phenoxy) is 1. The zero-order valence-corrected chi connectivity index (χ0v) is 19.1. The molecule has 5 nitrogen and oxygen atoms in total. The molecule has 0 aromatic heterocycles. The number of hydrogen-bond donors (Lipinski definition) is 1. The van der Waals surface area contributed by atoms with Crippen LogP contribution in [0.2, 0.25) is 0 Å². The fourth-order valence-corrected chi connectivity index (χ4v) is 3.55. The Kier molecular flexibility index (Phi) is 7.66. The summed E-state index contributed by atoms with van der Waals surface area (Å²) in [6.07, 6.45) is 0. The molecule has 0 aliphatic heterocycles. The quantitative estimate of drug-likeness (QED) is 0.491. The van der Waals surface area contributed by atoms with E-state index in [0.29, 0.717) is 23.5 Å². The van der Waals surface area contributed by atoms with Crippen LogP contribution in [0.4, 0.5) is 11.4 Å². The molecule has 1 N–H and O–H groups in total. The topological polar surface area (TPSA) is 58.6 Å². The summed E-state index contributed by atoms with van der Waals surface area (Å²) in [7, 11) is 0. The number of carbonyl (C=O) groups excluding carboxylic acids is 2. The van der Waals surface area contributed by atoms with Crippen LogP contribution in [0.15, 0.2) is 72.8 Å². The Balaban J connectivity index is 1.75. The van der Waals surface area contributed by atoms with E-state index in [1.165, 1.54) is 0 Å². The highest BCUT2D eigenvalue weighted by Crippen LogP contribution is 2.27. The number of nitrogens with zero attached hydrogens (tertiary/aromatic N) is 1. The second-order valence-electron chi connectivity index (χ2n) is 7.96. The van der Waals surface area contributed by atoms with E-state index in [2.05, 4.69) is 19.2 Å². The molecule has 0 spiro atoms. The Morgan fingerprint density at radius 1 is 0.969 bits per heavy atom. The molecule has 0 heterocycles. The van der Waals surface area contributed by atoms with Gasteiger partial charge in [-0.3, -0.25) is 9.59 Å². The summed E-state index contributed by atoms with van der Waals surface area (Å²) in [5.74, 6) is 0.506. The van der Waals surface area contributed by atoms with Crippen LogP contribution >= 0.6 is 0 Å². The molecule has 0 radical (unpaired) electrons. The van der Waals surface area contributed by atoms with Crippen molar-refractivity contribution in [2.45, 2.75) is 33.6 Å². The summed E-state index contributed by atoms with van der Waals surface area (Å²) in [6.45, 7) is 8.47. The minimum Gasteiger partial charge on any atom is -0.483 e. The van der Waals surface area contributed by atoms with Crippen LogP contribution in [0, 0.1) is 6.92 Å². The van der Waals surface area contributed by atoms with Crippen LogP contribution in [0.25, 0.3) is 0 Å². The number of carbonyl (C=O) groups is 2. The zero-order valence-electron chi connectivity index (χ0n) is 19.1. The smallest absolute Gasteiger partial charge is 0.262 e. The Labute approximate surface area is 190 Å². The normalized spacial score (nSPS) is 10.7. The molecule has 2 amide bonds. The minimum absolute atomic E-state index is 0.137. The standard InChI is InChI=1S/C27H30N2O3/c1-5-29(21-11-7-6-8-12-21)27(31)23-13-9-10-14-24(23)28-26(30)18-32-25-17-20(4)15-16-22(25)19(2)3/h6-17,19H,5,18H2,1-4H3,(H,28,30). The van der Waals surface area contributed by atoms with E-state index in [1.54, 1.807) is 29.2 Å². The van der Waals surface area contributed by atoms with Crippen LogP contribution in [0.1, 0.15) is 48.2 Å². The van der Waals surface area contributed by atoms with Crippen LogP contribution in [-0.4, -0.2) is 25.0 Å². The first-order chi connectivity index (χ1) is 15.4. The molecule has 0 saturated carbocycles. The monoisotopic (exact) mass is 430 g/mol. The van der Waals surface area contributed by atoms with Crippen LogP contribution in [-0.2, 0) is 4.79 Å². The van der Waals surface area contributed by atoms with Crippen molar-refractivity contribution >= 4 is 23.2 Å². The summed E-state index contributed by atoms with van der Waals surface area (Å²) >= 11 is 0. The second kappa shape index (κ2) is 10.6. The van der Waals surface area contributed by atoms with Gasteiger partial charge in [-0.15, -0.1) is 0 Å². The van der Waals surface area contributed by atoms with E-state index < -0.39 is 0 Å². The van der Waals surface area contributed by atoms with Crippen molar-refractivity contribution in [3.63, 3.8) is 0 Å². The summed E-state index contributed by atoms with van der Waals surface area (Å²) < 4.78 is 5.84. The third kappa shape index (κ3) is 5.55. The molecule has 5 heteroatoms. The molecule has 3 rings (SSSR count). The molecular weight excluding hydrogens is 400 g/mol. The van der Waals surface area contributed by atoms with E-state index in [0.717, 1.165) is 16.8 Å². The molecule has 0 fully saturated rings. The Bertz CT molecular complexity index is 1080. The van der Waals surface area contributed by atoms with Crippen molar-refractivity contribution in [1.82, 2.24) is 0 Å². The summed E-state index contributed by atoms with van der Waals surface area (Å²) in [6, 6.07) is 22.5.